The van der Waals surface area contributed by atoms with Crippen LogP contribution in [0.4, 0.5) is 4.39 Å². The van der Waals surface area contributed by atoms with E-state index in [1.165, 1.54) is 0 Å². The van der Waals surface area contributed by atoms with Crippen molar-refractivity contribution in [3.05, 3.63) is 42.7 Å². The van der Waals surface area contributed by atoms with Gasteiger partial charge in [0, 0.05) is 0 Å². The SMILES string of the molecule is CO/C=C/CC1C(O)CC(C)C1CCC(F)COc1ccccc1. The quantitative estimate of drug-likeness (QED) is 0.681. The van der Waals surface area contributed by atoms with E-state index in [9.17, 15) is 9.50 Å². The molecule has 1 saturated carbocycles. The molecule has 1 aromatic rings. The van der Waals surface area contributed by atoms with E-state index < -0.39 is 6.17 Å². The molecule has 0 saturated heterocycles. The number of allylic oxidation sites excluding steroid dienone is 1. The number of rotatable bonds is 9. The van der Waals surface area contributed by atoms with Crippen LogP contribution in [0, 0.1) is 17.8 Å². The van der Waals surface area contributed by atoms with Gasteiger partial charge in [0.05, 0.1) is 19.5 Å². The number of hydrogen-bond acceptors (Lipinski definition) is 3. The average Bonchev–Trinajstić information content (AvgIpc) is 2.85. The lowest BCUT2D eigenvalue weighted by Gasteiger charge is -2.24. The fourth-order valence-electron chi connectivity index (χ4n) is 3.74. The van der Waals surface area contributed by atoms with Crippen molar-refractivity contribution in [3.8, 4) is 5.75 Å². The molecule has 24 heavy (non-hydrogen) atoms. The lowest BCUT2D eigenvalue weighted by atomic mass is 9.83. The van der Waals surface area contributed by atoms with Crippen molar-refractivity contribution in [3.63, 3.8) is 0 Å². The molecule has 0 radical (unpaired) electrons. The van der Waals surface area contributed by atoms with E-state index in [4.69, 9.17) is 9.47 Å². The Morgan fingerprint density at radius 2 is 2.04 bits per heavy atom. The van der Waals surface area contributed by atoms with Crippen molar-refractivity contribution in [2.24, 2.45) is 17.8 Å². The summed E-state index contributed by atoms with van der Waals surface area (Å²) in [7, 11) is 1.61. The number of ether oxygens (including phenoxy) is 2. The summed E-state index contributed by atoms with van der Waals surface area (Å²) in [6.07, 6.45) is 5.15. The first-order valence-electron chi connectivity index (χ1n) is 8.79. The standard InChI is InChI=1S/C20H29FO3/c1-15-13-20(22)19(9-6-12-23-2)18(15)11-10-16(21)14-24-17-7-4-3-5-8-17/h3-8,12,15-16,18-20,22H,9-11,13-14H2,1-2H3/b12-6+. The molecular formula is C20H29FO3. The van der Waals surface area contributed by atoms with E-state index in [-0.39, 0.29) is 18.6 Å². The Hall–Kier alpha value is -1.55. The molecule has 4 heteroatoms. The van der Waals surface area contributed by atoms with Gasteiger partial charge in [-0.05, 0) is 61.6 Å². The molecule has 1 fully saturated rings. The second kappa shape index (κ2) is 9.67. The molecule has 0 aliphatic heterocycles. The fourth-order valence-corrected chi connectivity index (χ4v) is 3.74. The smallest absolute Gasteiger partial charge is 0.134 e. The summed E-state index contributed by atoms with van der Waals surface area (Å²) in [5.41, 5.74) is 0. The summed E-state index contributed by atoms with van der Waals surface area (Å²) in [4.78, 5) is 0. The van der Waals surface area contributed by atoms with Gasteiger partial charge in [-0.15, -0.1) is 0 Å². The highest BCUT2D eigenvalue weighted by atomic mass is 19.1. The third-order valence-corrected chi connectivity index (χ3v) is 5.02. The summed E-state index contributed by atoms with van der Waals surface area (Å²) < 4.78 is 24.6. The molecule has 0 bridgehead atoms. The molecule has 5 unspecified atom stereocenters. The maximum Gasteiger partial charge on any atom is 0.134 e. The molecule has 0 aromatic heterocycles. The van der Waals surface area contributed by atoms with Crippen molar-refractivity contribution >= 4 is 0 Å². The van der Waals surface area contributed by atoms with Crippen molar-refractivity contribution in [2.75, 3.05) is 13.7 Å². The maximum atomic E-state index is 14.2. The predicted octanol–water partition coefficient (Wildman–Crippen LogP) is 4.37. The monoisotopic (exact) mass is 336 g/mol. The predicted molar refractivity (Wildman–Crippen MR) is 93.6 cm³/mol. The fraction of sp³-hybridized carbons (Fsp3) is 0.600. The molecule has 5 atom stereocenters. The number of aliphatic hydroxyl groups is 1. The molecule has 1 aliphatic carbocycles. The normalized spacial score (nSPS) is 28.2. The van der Waals surface area contributed by atoms with Crippen LogP contribution in [0.25, 0.3) is 0 Å². The zero-order chi connectivity index (χ0) is 17.4. The van der Waals surface area contributed by atoms with E-state index >= 15 is 0 Å². The Kier molecular flexibility index (Phi) is 7.57. The summed E-state index contributed by atoms with van der Waals surface area (Å²) >= 11 is 0. The molecule has 0 spiro atoms. The molecule has 1 N–H and O–H groups in total. The Morgan fingerprint density at radius 1 is 1.29 bits per heavy atom. The van der Waals surface area contributed by atoms with Crippen molar-refractivity contribution in [2.45, 2.75) is 44.9 Å². The molecule has 3 nitrogen and oxygen atoms in total. The third kappa shape index (κ3) is 5.52. The molecule has 0 heterocycles. The number of alkyl halides is 1. The minimum absolute atomic E-state index is 0.0852. The van der Waals surface area contributed by atoms with Gasteiger partial charge < -0.3 is 14.6 Å². The summed E-state index contributed by atoms with van der Waals surface area (Å²) in [6, 6.07) is 9.33. The highest BCUT2D eigenvalue weighted by Crippen LogP contribution is 2.42. The van der Waals surface area contributed by atoms with Crippen LogP contribution in [-0.2, 0) is 4.74 Å². The zero-order valence-electron chi connectivity index (χ0n) is 14.6. The van der Waals surface area contributed by atoms with Gasteiger partial charge in [0.15, 0.2) is 0 Å². The molecule has 0 amide bonds. The molecule has 1 aliphatic rings. The topological polar surface area (TPSA) is 38.7 Å². The minimum Gasteiger partial charge on any atom is -0.505 e. The number of aliphatic hydroxyl groups excluding tert-OH is 1. The number of para-hydroxylation sites is 1. The summed E-state index contributed by atoms with van der Waals surface area (Å²) in [6.45, 7) is 2.24. The first-order chi connectivity index (χ1) is 11.6. The minimum atomic E-state index is -0.981. The maximum absolute atomic E-state index is 14.2. The first kappa shape index (κ1) is 18.8. The lowest BCUT2D eigenvalue weighted by molar-refractivity contribution is 0.110. The van der Waals surface area contributed by atoms with Crippen molar-refractivity contribution < 1.29 is 19.0 Å². The number of halogens is 1. The van der Waals surface area contributed by atoms with Gasteiger partial charge in [-0.25, -0.2) is 4.39 Å². The van der Waals surface area contributed by atoms with E-state index in [1.54, 1.807) is 13.4 Å². The van der Waals surface area contributed by atoms with Crippen LogP contribution in [0.2, 0.25) is 0 Å². The molecule has 1 aromatic carbocycles. The summed E-state index contributed by atoms with van der Waals surface area (Å²) in [5, 5.41) is 10.3. The van der Waals surface area contributed by atoms with Gasteiger partial charge in [-0.2, -0.15) is 0 Å². The second-order valence-electron chi connectivity index (χ2n) is 6.75. The van der Waals surface area contributed by atoms with E-state index in [1.807, 2.05) is 36.4 Å². The Labute approximate surface area is 144 Å². The van der Waals surface area contributed by atoms with Gasteiger partial charge in [-0.1, -0.05) is 25.1 Å². The van der Waals surface area contributed by atoms with Crippen LogP contribution >= 0.6 is 0 Å². The highest BCUT2D eigenvalue weighted by Gasteiger charge is 2.39. The van der Waals surface area contributed by atoms with Crippen LogP contribution in [0.3, 0.4) is 0 Å². The first-order valence-corrected chi connectivity index (χ1v) is 8.79. The van der Waals surface area contributed by atoms with E-state index in [0.717, 1.165) is 19.3 Å². The van der Waals surface area contributed by atoms with Crippen molar-refractivity contribution in [1.29, 1.82) is 0 Å². The highest BCUT2D eigenvalue weighted by molar-refractivity contribution is 5.20. The zero-order valence-corrected chi connectivity index (χ0v) is 14.6. The average molecular weight is 336 g/mol. The van der Waals surface area contributed by atoms with Crippen LogP contribution in [-0.4, -0.2) is 31.1 Å². The van der Waals surface area contributed by atoms with E-state index in [2.05, 4.69) is 6.92 Å². The largest absolute Gasteiger partial charge is 0.505 e. The van der Waals surface area contributed by atoms with Crippen molar-refractivity contribution in [1.82, 2.24) is 0 Å². The van der Waals surface area contributed by atoms with Crippen LogP contribution in [0.5, 0.6) is 5.75 Å². The Morgan fingerprint density at radius 3 is 2.75 bits per heavy atom. The number of hydrogen-bond donors (Lipinski definition) is 1. The number of methoxy groups -OCH3 is 1. The summed E-state index contributed by atoms with van der Waals surface area (Å²) in [5.74, 6) is 1.65. The van der Waals surface area contributed by atoms with Gasteiger partial charge in [0.1, 0.15) is 18.5 Å². The van der Waals surface area contributed by atoms with E-state index in [0.29, 0.717) is 24.0 Å². The molecular weight excluding hydrogens is 307 g/mol. The van der Waals surface area contributed by atoms with Gasteiger partial charge >= 0.3 is 0 Å². The molecule has 2 rings (SSSR count). The van der Waals surface area contributed by atoms with Gasteiger partial charge in [0.2, 0.25) is 0 Å². The molecule has 134 valence electrons. The van der Waals surface area contributed by atoms with Gasteiger partial charge in [0.25, 0.3) is 0 Å². The van der Waals surface area contributed by atoms with Gasteiger partial charge in [-0.3, -0.25) is 0 Å². The Bertz CT molecular complexity index is 491. The lowest BCUT2D eigenvalue weighted by Crippen LogP contribution is -2.22. The van der Waals surface area contributed by atoms with Crippen LogP contribution in [0.1, 0.15) is 32.6 Å². The third-order valence-electron chi connectivity index (χ3n) is 5.02. The van der Waals surface area contributed by atoms with Crippen LogP contribution in [0.15, 0.2) is 42.7 Å². The number of benzene rings is 1. The van der Waals surface area contributed by atoms with Crippen LogP contribution < -0.4 is 4.74 Å². The Balaban J connectivity index is 1.78. The second-order valence-corrected chi connectivity index (χ2v) is 6.75.